The van der Waals surface area contributed by atoms with Crippen molar-refractivity contribution in [3.05, 3.63) is 41.5 Å². The van der Waals surface area contributed by atoms with Crippen LogP contribution in [0.2, 0.25) is 0 Å². The van der Waals surface area contributed by atoms with Crippen molar-refractivity contribution in [2.45, 2.75) is 64.7 Å². The standard InChI is InChI=1S/C20H28O/c1-2-3-4-5-6-7-8-9-13-18-16-15-17-12-10-11-14-19(17)20(18)21/h10-12,14-16,18H,2-9,13H2,1H3. The van der Waals surface area contributed by atoms with Crippen molar-refractivity contribution in [2.24, 2.45) is 5.92 Å². The fourth-order valence-corrected chi connectivity index (χ4v) is 3.10. The van der Waals surface area contributed by atoms with Gasteiger partial charge in [0.05, 0.1) is 0 Å². The van der Waals surface area contributed by atoms with Gasteiger partial charge in [0.2, 0.25) is 0 Å². The Morgan fingerprint density at radius 1 is 0.905 bits per heavy atom. The molecule has 0 amide bonds. The van der Waals surface area contributed by atoms with E-state index < -0.39 is 0 Å². The lowest BCUT2D eigenvalue weighted by Gasteiger charge is -2.17. The summed E-state index contributed by atoms with van der Waals surface area (Å²) < 4.78 is 0. The minimum atomic E-state index is 0.111. The van der Waals surface area contributed by atoms with Crippen molar-refractivity contribution in [3.8, 4) is 0 Å². The fraction of sp³-hybridized carbons (Fsp3) is 0.550. The van der Waals surface area contributed by atoms with Crippen molar-refractivity contribution in [1.29, 1.82) is 0 Å². The van der Waals surface area contributed by atoms with Crippen molar-refractivity contribution < 1.29 is 4.79 Å². The maximum Gasteiger partial charge on any atom is 0.170 e. The molecular formula is C20H28O. The molecule has 0 saturated carbocycles. The smallest absolute Gasteiger partial charge is 0.170 e. The molecule has 114 valence electrons. The average Bonchev–Trinajstić information content (AvgIpc) is 2.52. The van der Waals surface area contributed by atoms with Crippen LogP contribution in [0.25, 0.3) is 6.08 Å². The predicted molar refractivity (Wildman–Crippen MR) is 90.5 cm³/mol. The lowest BCUT2D eigenvalue weighted by molar-refractivity contribution is 0.0937. The maximum atomic E-state index is 12.4. The first-order chi connectivity index (χ1) is 10.3. The van der Waals surface area contributed by atoms with Gasteiger partial charge >= 0.3 is 0 Å². The summed E-state index contributed by atoms with van der Waals surface area (Å²) in [5, 5.41) is 0. The zero-order valence-corrected chi connectivity index (χ0v) is 13.3. The van der Waals surface area contributed by atoms with Gasteiger partial charge in [0, 0.05) is 11.5 Å². The number of Topliss-reactive ketones (excluding diaryl/α,β-unsaturated/α-hetero) is 1. The van der Waals surface area contributed by atoms with Crippen molar-refractivity contribution in [1.82, 2.24) is 0 Å². The van der Waals surface area contributed by atoms with Gasteiger partial charge in [-0.15, -0.1) is 0 Å². The first kappa shape index (κ1) is 16.0. The zero-order valence-electron chi connectivity index (χ0n) is 13.3. The number of ketones is 1. The van der Waals surface area contributed by atoms with E-state index in [1.165, 1.54) is 51.4 Å². The van der Waals surface area contributed by atoms with E-state index in [2.05, 4.69) is 19.1 Å². The molecule has 1 nitrogen and oxygen atoms in total. The largest absolute Gasteiger partial charge is 0.293 e. The Balaban J connectivity index is 1.65. The molecule has 1 aromatic carbocycles. The van der Waals surface area contributed by atoms with Crippen LogP contribution in [-0.2, 0) is 0 Å². The molecule has 1 heteroatoms. The van der Waals surface area contributed by atoms with Gasteiger partial charge in [-0.1, -0.05) is 94.7 Å². The predicted octanol–water partition coefficient (Wildman–Crippen LogP) is 6.04. The first-order valence-electron chi connectivity index (χ1n) is 8.64. The molecule has 0 radical (unpaired) electrons. The molecule has 0 aromatic heterocycles. The van der Waals surface area contributed by atoms with Crippen molar-refractivity contribution >= 4 is 11.9 Å². The Labute approximate surface area is 129 Å². The van der Waals surface area contributed by atoms with Gasteiger partial charge in [0.25, 0.3) is 0 Å². The maximum absolute atomic E-state index is 12.4. The first-order valence-corrected chi connectivity index (χ1v) is 8.64. The summed E-state index contributed by atoms with van der Waals surface area (Å²) in [4.78, 5) is 12.4. The van der Waals surface area contributed by atoms with Crippen LogP contribution in [-0.4, -0.2) is 5.78 Å². The molecular weight excluding hydrogens is 256 g/mol. The Hall–Kier alpha value is -1.37. The van der Waals surface area contributed by atoms with E-state index in [9.17, 15) is 4.79 Å². The second-order valence-corrected chi connectivity index (χ2v) is 6.18. The monoisotopic (exact) mass is 284 g/mol. The zero-order chi connectivity index (χ0) is 14.9. The fourth-order valence-electron chi connectivity index (χ4n) is 3.10. The second-order valence-electron chi connectivity index (χ2n) is 6.18. The van der Waals surface area contributed by atoms with Gasteiger partial charge in [-0.3, -0.25) is 4.79 Å². The number of carbonyl (C=O) groups excluding carboxylic acids is 1. The Morgan fingerprint density at radius 2 is 1.57 bits per heavy atom. The molecule has 1 aliphatic carbocycles. The van der Waals surface area contributed by atoms with Gasteiger partial charge in [-0.25, -0.2) is 0 Å². The molecule has 0 fully saturated rings. The highest BCUT2D eigenvalue weighted by molar-refractivity contribution is 6.04. The van der Waals surface area contributed by atoms with Crippen LogP contribution < -0.4 is 0 Å². The molecule has 0 bridgehead atoms. The molecule has 0 N–H and O–H groups in total. The van der Waals surface area contributed by atoms with Crippen LogP contribution in [0.5, 0.6) is 0 Å². The van der Waals surface area contributed by atoms with E-state index in [1.807, 2.05) is 24.3 Å². The highest BCUT2D eigenvalue weighted by Gasteiger charge is 2.22. The van der Waals surface area contributed by atoms with Crippen molar-refractivity contribution in [2.75, 3.05) is 0 Å². The van der Waals surface area contributed by atoms with Gasteiger partial charge in [0.15, 0.2) is 5.78 Å². The molecule has 2 rings (SSSR count). The van der Waals surface area contributed by atoms with Crippen LogP contribution in [0, 0.1) is 5.92 Å². The molecule has 0 spiro atoms. The number of benzene rings is 1. The third kappa shape index (κ3) is 4.84. The Bertz CT molecular complexity index is 472. The molecule has 0 aliphatic heterocycles. The SMILES string of the molecule is CCCCCCCCCCC1C=Cc2ccccc2C1=O. The van der Waals surface area contributed by atoms with E-state index in [0.717, 1.165) is 17.5 Å². The third-order valence-electron chi connectivity index (χ3n) is 4.44. The average molecular weight is 284 g/mol. The van der Waals surface area contributed by atoms with Gasteiger partial charge in [-0.2, -0.15) is 0 Å². The van der Waals surface area contributed by atoms with Crippen LogP contribution in [0.1, 0.15) is 80.6 Å². The lowest BCUT2D eigenvalue weighted by Crippen LogP contribution is -2.16. The van der Waals surface area contributed by atoms with E-state index in [0.29, 0.717) is 5.78 Å². The summed E-state index contributed by atoms with van der Waals surface area (Å²) in [6.45, 7) is 2.26. The molecule has 1 aliphatic rings. The molecule has 21 heavy (non-hydrogen) atoms. The normalized spacial score (nSPS) is 17.0. The number of hydrogen-bond acceptors (Lipinski definition) is 1. The summed E-state index contributed by atoms with van der Waals surface area (Å²) in [6, 6.07) is 7.94. The molecule has 1 aromatic rings. The number of allylic oxidation sites excluding steroid dienone is 1. The summed E-state index contributed by atoms with van der Waals surface area (Å²) in [6.07, 6.45) is 15.8. The van der Waals surface area contributed by atoms with E-state index in [4.69, 9.17) is 0 Å². The molecule has 1 unspecified atom stereocenters. The molecule has 0 heterocycles. The number of rotatable bonds is 9. The Morgan fingerprint density at radius 3 is 2.33 bits per heavy atom. The topological polar surface area (TPSA) is 17.1 Å². The third-order valence-corrected chi connectivity index (χ3v) is 4.44. The summed E-state index contributed by atoms with van der Waals surface area (Å²) in [7, 11) is 0. The van der Waals surface area contributed by atoms with Gasteiger partial charge < -0.3 is 0 Å². The van der Waals surface area contributed by atoms with Crippen LogP contribution in [0.4, 0.5) is 0 Å². The van der Waals surface area contributed by atoms with E-state index >= 15 is 0 Å². The molecule has 0 saturated heterocycles. The van der Waals surface area contributed by atoms with Crippen molar-refractivity contribution in [3.63, 3.8) is 0 Å². The number of carbonyl (C=O) groups is 1. The summed E-state index contributed by atoms with van der Waals surface area (Å²) in [5.41, 5.74) is 1.99. The lowest BCUT2D eigenvalue weighted by atomic mass is 9.85. The van der Waals surface area contributed by atoms with Gasteiger partial charge in [0.1, 0.15) is 0 Å². The number of fused-ring (bicyclic) bond motifs is 1. The number of hydrogen-bond donors (Lipinski definition) is 0. The minimum absolute atomic E-state index is 0.111. The molecule has 1 atom stereocenters. The summed E-state index contributed by atoms with van der Waals surface area (Å²) in [5.74, 6) is 0.427. The highest BCUT2D eigenvalue weighted by atomic mass is 16.1. The second kappa shape index (κ2) is 8.81. The van der Waals surface area contributed by atoms with E-state index in [1.54, 1.807) is 0 Å². The highest BCUT2D eigenvalue weighted by Crippen LogP contribution is 2.26. The van der Waals surface area contributed by atoms with Gasteiger partial charge in [-0.05, 0) is 12.0 Å². The minimum Gasteiger partial charge on any atom is -0.293 e. The van der Waals surface area contributed by atoms with Crippen LogP contribution in [0.3, 0.4) is 0 Å². The summed E-state index contributed by atoms with van der Waals surface area (Å²) >= 11 is 0. The van der Waals surface area contributed by atoms with Crippen LogP contribution >= 0.6 is 0 Å². The van der Waals surface area contributed by atoms with Crippen LogP contribution in [0.15, 0.2) is 30.3 Å². The number of unbranched alkanes of at least 4 members (excludes halogenated alkanes) is 7. The van der Waals surface area contributed by atoms with E-state index in [-0.39, 0.29) is 5.92 Å². The quantitative estimate of drug-likeness (QED) is 0.505. The Kier molecular flexibility index (Phi) is 6.72.